The summed E-state index contributed by atoms with van der Waals surface area (Å²) in [5.41, 5.74) is 12.1. The van der Waals surface area contributed by atoms with Crippen LogP contribution in [0, 0.1) is 11.3 Å². The number of primary amides is 1. The molecular weight excluding hydrogens is 620 g/mol. The monoisotopic (exact) mass is 658 g/mol. The van der Waals surface area contributed by atoms with Crippen LogP contribution in [0.2, 0.25) is 0 Å². The summed E-state index contributed by atoms with van der Waals surface area (Å²) < 4.78 is 2.09. The van der Waals surface area contributed by atoms with Gasteiger partial charge in [0.05, 0.1) is 35.2 Å². The van der Waals surface area contributed by atoms with Crippen LogP contribution in [0.1, 0.15) is 72.5 Å². The van der Waals surface area contributed by atoms with Crippen LogP contribution in [-0.2, 0) is 27.3 Å². The molecule has 250 valence electrons. The maximum Gasteiger partial charge on any atom is 0.255 e. The molecule has 2 saturated heterocycles. The number of nitrogens with two attached hydrogens (primary N) is 1. The van der Waals surface area contributed by atoms with E-state index < -0.39 is 11.9 Å². The van der Waals surface area contributed by atoms with Crippen LogP contribution < -0.4 is 11.1 Å². The molecule has 2 aromatic heterocycles. The number of carbonyl (C=O) groups is 4. The fourth-order valence-electron chi connectivity index (χ4n) is 9.50. The lowest BCUT2D eigenvalue weighted by atomic mass is 9.34. The standard InChI is InChI=1S/C37H38N8O4/c38-33(47)27(14-22-5-6-26-23(13-22)17-44(35(26)49)31-7-8-32(46)42-34(31)48)36-19-37(20-36,21-36)43-11-9-25(10-12-43)45-18-24(15-40-45)30-16-39-28-3-1-2-4-29(28)41-30/h1-6,13,15-16,18,25,27,31H,7-12,14,17,19-21H2,(H2,38,47)(H,42,46,48). The summed E-state index contributed by atoms with van der Waals surface area (Å²) in [7, 11) is 0. The van der Waals surface area contributed by atoms with Crippen LogP contribution in [0.5, 0.6) is 0 Å². The molecule has 2 bridgehead atoms. The van der Waals surface area contributed by atoms with Crippen LogP contribution in [0.15, 0.2) is 61.1 Å². The zero-order valence-corrected chi connectivity index (χ0v) is 27.2. The lowest BCUT2D eigenvalue weighted by Gasteiger charge is -2.76. The van der Waals surface area contributed by atoms with Gasteiger partial charge in [-0.25, -0.2) is 4.98 Å². The first-order valence-corrected chi connectivity index (χ1v) is 17.3. The first-order valence-electron chi connectivity index (χ1n) is 17.3. The number of hydrogen-bond acceptors (Lipinski definition) is 8. The van der Waals surface area contributed by atoms with E-state index in [9.17, 15) is 19.2 Å². The second-order valence-electron chi connectivity index (χ2n) is 14.8. The van der Waals surface area contributed by atoms with Crippen molar-refractivity contribution in [2.75, 3.05) is 13.1 Å². The van der Waals surface area contributed by atoms with Gasteiger partial charge in [0, 0.05) is 54.8 Å². The highest BCUT2D eigenvalue weighted by molar-refractivity contribution is 6.05. The summed E-state index contributed by atoms with van der Waals surface area (Å²) >= 11 is 0. The fourth-order valence-corrected chi connectivity index (χ4v) is 9.50. The minimum Gasteiger partial charge on any atom is -0.369 e. The number of hydrogen-bond donors (Lipinski definition) is 2. The number of fused-ring (bicyclic) bond motifs is 2. The predicted octanol–water partition coefficient (Wildman–Crippen LogP) is 3.16. The normalized spacial score (nSPS) is 27.4. The molecule has 5 heterocycles. The number of likely N-dealkylation sites (tertiary alicyclic amines) is 1. The Labute approximate surface area is 283 Å². The molecule has 10 rings (SSSR count). The molecule has 0 radical (unpaired) electrons. The highest BCUT2D eigenvalue weighted by Gasteiger charge is 2.73. The molecule has 12 heteroatoms. The molecule has 3 saturated carbocycles. The largest absolute Gasteiger partial charge is 0.369 e. The van der Waals surface area contributed by atoms with Crippen LogP contribution in [0.3, 0.4) is 0 Å². The maximum atomic E-state index is 13.1. The summed E-state index contributed by atoms with van der Waals surface area (Å²) in [6.45, 7) is 2.31. The zero-order valence-electron chi connectivity index (χ0n) is 27.2. The Bertz CT molecular complexity index is 2030. The topological polar surface area (TPSA) is 156 Å². The fraction of sp³-hybridized carbons (Fsp3) is 0.432. The third-order valence-corrected chi connectivity index (χ3v) is 12.0. The molecule has 0 spiro atoms. The lowest BCUT2D eigenvalue weighted by Crippen LogP contribution is -2.78. The van der Waals surface area contributed by atoms with Crippen molar-refractivity contribution in [2.24, 2.45) is 17.1 Å². The van der Waals surface area contributed by atoms with Gasteiger partial charge in [0.1, 0.15) is 6.04 Å². The van der Waals surface area contributed by atoms with Gasteiger partial charge in [-0.2, -0.15) is 5.10 Å². The Morgan fingerprint density at radius 1 is 1.00 bits per heavy atom. The number of aromatic nitrogens is 4. The van der Waals surface area contributed by atoms with Crippen molar-refractivity contribution in [2.45, 2.75) is 75.5 Å². The number of para-hydroxylation sites is 2. The van der Waals surface area contributed by atoms with Crippen LogP contribution in [0.25, 0.3) is 22.3 Å². The Kier molecular flexibility index (Phi) is 6.78. The van der Waals surface area contributed by atoms with Crippen molar-refractivity contribution in [3.05, 3.63) is 77.7 Å². The number of benzene rings is 2. The van der Waals surface area contributed by atoms with E-state index in [1.54, 1.807) is 4.90 Å². The van der Waals surface area contributed by atoms with Crippen molar-refractivity contribution in [3.63, 3.8) is 0 Å². The van der Waals surface area contributed by atoms with Crippen molar-refractivity contribution in [3.8, 4) is 11.3 Å². The van der Waals surface area contributed by atoms with Crippen LogP contribution in [-0.4, -0.2) is 77.8 Å². The van der Waals surface area contributed by atoms with E-state index in [0.717, 1.165) is 78.6 Å². The van der Waals surface area contributed by atoms with E-state index >= 15 is 0 Å². The second kappa shape index (κ2) is 11.0. The summed E-state index contributed by atoms with van der Waals surface area (Å²) in [4.78, 5) is 63.6. The quantitative estimate of drug-likeness (QED) is 0.274. The van der Waals surface area contributed by atoms with Gasteiger partial charge in [-0.05, 0) is 79.7 Å². The molecule has 3 aliphatic heterocycles. The summed E-state index contributed by atoms with van der Waals surface area (Å²) in [5.74, 6) is -1.45. The zero-order chi connectivity index (χ0) is 33.5. The molecule has 49 heavy (non-hydrogen) atoms. The Balaban J connectivity index is 0.818. The Morgan fingerprint density at radius 2 is 1.78 bits per heavy atom. The van der Waals surface area contributed by atoms with E-state index in [0.29, 0.717) is 31.0 Å². The number of imide groups is 1. The number of nitrogens with zero attached hydrogens (tertiary/aromatic N) is 6. The van der Waals surface area contributed by atoms with Crippen molar-refractivity contribution in [1.82, 2.24) is 34.9 Å². The van der Waals surface area contributed by atoms with Gasteiger partial charge in [0.25, 0.3) is 5.91 Å². The molecule has 3 aliphatic carbocycles. The van der Waals surface area contributed by atoms with Crippen molar-refractivity contribution >= 4 is 34.7 Å². The molecule has 2 atom stereocenters. The Morgan fingerprint density at radius 3 is 2.53 bits per heavy atom. The molecule has 6 aliphatic rings. The number of nitrogens with one attached hydrogen (secondary N) is 1. The highest BCUT2D eigenvalue weighted by Crippen LogP contribution is 2.73. The van der Waals surface area contributed by atoms with E-state index in [1.807, 2.05) is 54.9 Å². The van der Waals surface area contributed by atoms with Crippen molar-refractivity contribution in [1.29, 1.82) is 0 Å². The minimum atomic E-state index is -0.649. The van der Waals surface area contributed by atoms with E-state index in [-0.39, 0.29) is 41.0 Å². The maximum absolute atomic E-state index is 13.1. The minimum absolute atomic E-state index is 0.0753. The summed E-state index contributed by atoms with van der Waals surface area (Å²) in [5, 5.41) is 7.06. The van der Waals surface area contributed by atoms with Gasteiger partial charge in [-0.1, -0.05) is 24.3 Å². The average Bonchev–Trinajstić information content (AvgIpc) is 3.68. The molecule has 5 fully saturated rings. The first kappa shape index (κ1) is 30.1. The number of amides is 4. The number of rotatable bonds is 8. The van der Waals surface area contributed by atoms with Gasteiger partial charge in [-0.15, -0.1) is 0 Å². The smallest absolute Gasteiger partial charge is 0.255 e. The molecule has 4 aromatic rings. The third-order valence-electron chi connectivity index (χ3n) is 12.0. The molecule has 12 nitrogen and oxygen atoms in total. The van der Waals surface area contributed by atoms with Gasteiger partial charge >= 0.3 is 0 Å². The van der Waals surface area contributed by atoms with Gasteiger partial charge < -0.3 is 10.6 Å². The highest BCUT2D eigenvalue weighted by atomic mass is 16.2. The third kappa shape index (κ3) is 4.86. The summed E-state index contributed by atoms with van der Waals surface area (Å²) in [6, 6.07) is 13.3. The molecule has 3 N–H and O–H groups in total. The Hall–Kier alpha value is -4.97. The van der Waals surface area contributed by atoms with Gasteiger partial charge in [-0.3, -0.25) is 39.1 Å². The lowest BCUT2D eigenvalue weighted by molar-refractivity contribution is -0.247. The van der Waals surface area contributed by atoms with Crippen molar-refractivity contribution < 1.29 is 19.2 Å². The average molecular weight is 659 g/mol. The first-order chi connectivity index (χ1) is 23.7. The van der Waals surface area contributed by atoms with Crippen LogP contribution in [0.4, 0.5) is 0 Å². The van der Waals surface area contributed by atoms with Crippen LogP contribution >= 0.6 is 0 Å². The second-order valence-corrected chi connectivity index (χ2v) is 14.8. The van der Waals surface area contributed by atoms with Gasteiger partial charge in [0.15, 0.2) is 0 Å². The molecular formula is C37H38N8O4. The van der Waals surface area contributed by atoms with E-state index in [4.69, 9.17) is 15.8 Å². The SMILES string of the molecule is NC(=O)C(Cc1ccc2c(c1)CN(C1CCC(=O)NC1=O)C2=O)C12CC(N3CCC(n4cc(-c5cnc6ccccc6n5)cn4)CC3)(C1)C2. The molecule has 4 amide bonds. The van der Waals surface area contributed by atoms with Gasteiger partial charge in [0.2, 0.25) is 17.7 Å². The van der Waals surface area contributed by atoms with E-state index in [1.165, 1.54) is 0 Å². The van der Waals surface area contributed by atoms with E-state index in [2.05, 4.69) is 26.1 Å². The summed E-state index contributed by atoms with van der Waals surface area (Å²) in [6.07, 6.45) is 11.9. The molecule has 2 aromatic carbocycles. The number of carbonyl (C=O) groups excluding carboxylic acids is 4. The number of piperidine rings is 2. The molecule has 2 unspecified atom stereocenters. The predicted molar refractivity (Wildman–Crippen MR) is 178 cm³/mol.